The molecular weight excluding hydrogens is 456 g/mol. The Labute approximate surface area is 189 Å². The number of aliphatic imine (C=N–C) groups is 1. The summed E-state index contributed by atoms with van der Waals surface area (Å²) >= 11 is 3.39. The Morgan fingerprint density at radius 3 is 2.71 bits per heavy atom. The van der Waals surface area contributed by atoms with E-state index in [0.717, 1.165) is 15.6 Å². The quantitative estimate of drug-likeness (QED) is 0.578. The average molecular weight is 477 g/mol. The van der Waals surface area contributed by atoms with Crippen molar-refractivity contribution in [2.75, 3.05) is 16.8 Å². The molecule has 3 aromatic rings. The van der Waals surface area contributed by atoms with Gasteiger partial charge in [-0.2, -0.15) is 0 Å². The predicted octanol–water partition coefficient (Wildman–Crippen LogP) is 4.96. The Balaban J connectivity index is 1.62. The molecule has 2 aromatic carbocycles. The minimum absolute atomic E-state index is 0.0863. The van der Waals surface area contributed by atoms with Gasteiger partial charge in [0.2, 0.25) is 11.8 Å². The number of hydrogen-bond acceptors (Lipinski definition) is 4. The van der Waals surface area contributed by atoms with Gasteiger partial charge in [0.25, 0.3) is 0 Å². The van der Waals surface area contributed by atoms with Crippen molar-refractivity contribution in [3.05, 3.63) is 82.0 Å². The fourth-order valence-electron chi connectivity index (χ4n) is 3.39. The number of benzene rings is 2. The van der Waals surface area contributed by atoms with Gasteiger partial charge < -0.3 is 5.32 Å². The summed E-state index contributed by atoms with van der Waals surface area (Å²) < 4.78 is 0.856. The Morgan fingerprint density at radius 1 is 1.10 bits per heavy atom. The molecule has 1 aromatic heterocycles. The van der Waals surface area contributed by atoms with Gasteiger partial charge in [-0.3, -0.25) is 14.5 Å². The third-order valence-corrected chi connectivity index (χ3v) is 5.64. The fraction of sp³-hybridized carbons (Fsp3) is 0.167. The lowest BCUT2D eigenvalue weighted by atomic mass is 10.0. The summed E-state index contributed by atoms with van der Waals surface area (Å²) in [6.07, 6.45) is 1.69. The molecule has 2 amide bonds. The van der Waals surface area contributed by atoms with E-state index < -0.39 is 0 Å². The average Bonchev–Trinajstić information content (AvgIpc) is 2.87. The van der Waals surface area contributed by atoms with Gasteiger partial charge in [-0.1, -0.05) is 34.1 Å². The van der Waals surface area contributed by atoms with Crippen LogP contribution in [-0.2, 0) is 9.59 Å². The van der Waals surface area contributed by atoms with Crippen LogP contribution in [-0.4, -0.2) is 29.1 Å². The number of nitrogens with zero attached hydrogens (tertiary/aromatic N) is 3. The van der Waals surface area contributed by atoms with E-state index in [4.69, 9.17) is 4.99 Å². The molecule has 0 bridgehead atoms. The van der Waals surface area contributed by atoms with Crippen LogP contribution in [0.2, 0.25) is 0 Å². The first-order chi connectivity index (χ1) is 14.9. The van der Waals surface area contributed by atoms with Crippen molar-refractivity contribution in [3.63, 3.8) is 0 Å². The highest BCUT2D eigenvalue weighted by molar-refractivity contribution is 9.10. The Bertz CT molecular complexity index is 1210. The molecule has 0 spiro atoms. The van der Waals surface area contributed by atoms with Crippen LogP contribution >= 0.6 is 15.9 Å². The van der Waals surface area contributed by atoms with Crippen molar-refractivity contribution in [3.8, 4) is 0 Å². The minimum Gasteiger partial charge on any atom is -0.324 e. The van der Waals surface area contributed by atoms with Crippen molar-refractivity contribution in [2.24, 2.45) is 4.99 Å². The number of halogens is 1. The summed E-state index contributed by atoms with van der Waals surface area (Å²) in [5.41, 5.74) is 5.08. The van der Waals surface area contributed by atoms with Gasteiger partial charge in [0.15, 0.2) is 5.82 Å². The number of amides is 2. The van der Waals surface area contributed by atoms with Gasteiger partial charge in [-0.05, 0) is 66.9 Å². The molecule has 6 nitrogen and oxygen atoms in total. The fourth-order valence-corrected chi connectivity index (χ4v) is 3.79. The molecule has 0 unspecified atom stereocenters. The summed E-state index contributed by atoms with van der Waals surface area (Å²) in [4.78, 5) is 36.4. The van der Waals surface area contributed by atoms with Gasteiger partial charge >= 0.3 is 0 Å². The molecule has 0 atom stereocenters. The maximum atomic E-state index is 13.2. The zero-order chi connectivity index (χ0) is 22.0. The predicted molar refractivity (Wildman–Crippen MR) is 126 cm³/mol. The molecule has 0 saturated heterocycles. The lowest BCUT2D eigenvalue weighted by molar-refractivity contribution is -0.120. The van der Waals surface area contributed by atoms with Crippen molar-refractivity contribution in [2.45, 2.75) is 20.3 Å². The highest BCUT2D eigenvalue weighted by atomic mass is 79.9. The number of rotatable bonds is 4. The van der Waals surface area contributed by atoms with Crippen LogP contribution < -0.4 is 10.2 Å². The number of fused-ring (bicyclic) bond motifs is 1. The number of hydrogen-bond donors (Lipinski definition) is 1. The second kappa shape index (κ2) is 8.81. The van der Waals surface area contributed by atoms with E-state index in [9.17, 15) is 9.59 Å². The summed E-state index contributed by atoms with van der Waals surface area (Å²) in [6, 6.07) is 16.9. The number of carbonyl (C=O) groups is 2. The summed E-state index contributed by atoms with van der Waals surface area (Å²) in [7, 11) is 0. The third-order valence-electron chi connectivity index (χ3n) is 5.15. The highest BCUT2D eigenvalue weighted by Gasteiger charge is 2.27. The van der Waals surface area contributed by atoms with Crippen molar-refractivity contribution in [1.29, 1.82) is 0 Å². The van der Waals surface area contributed by atoms with Crippen LogP contribution in [0, 0.1) is 13.8 Å². The first-order valence-electron chi connectivity index (χ1n) is 9.87. The van der Waals surface area contributed by atoms with Crippen molar-refractivity contribution in [1.82, 2.24) is 4.98 Å². The molecule has 0 radical (unpaired) electrons. The summed E-state index contributed by atoms with van der Waals surface area (Å²) in [6.45, 7) is 3.93. The standard InChI is InChI=1S/C24H21BrN4O2/c1-15-8-9-17(11-16(15)2)21-13-23(31)29(24-20(28-21)7-4-10-26-24)14-22(30)27-19-6-3-5-18(25)12-19/h3-12H,13-14H2,1-2H3,(H,27,30). The van der Waals surface area contributed by atoms with Crippen molar-refractivity contribution < 1.29 is 9.59 Å². The smallest absolute Gasteiger partial charge is 0.244 e. The van der Waals surface area contributed by atoms with E-state index in [1.54, 1.807) is 30.5 Å². The SMILES string of the molecule is Cc1ccc(C2=Nc3cccnc3N(CC(=O)Nc3cccc(Br)c3)C(=O)C2)cc1C. The van der Waals surface area contributed by atoms with E-state index >= 15 is 0 Å². The minimum atomic E-state index is -0.308. The topological polar surface area (TPSA) is 74.7 Å². The number of anilines is 2. The van der Waals surface area contributed by atoms with Crippen LogP contribution in [0.1, 0.15) is 23.1 Å². The molecule has 4 rings (SSSR count). The largest absolute Gasteiger partial charge is 0.324 e. The lowest BCUT2D eigenvalue weighted by Crippen LogP contribution is -2.39. The molecule has 0 fully saturated rings. The molecule has 31 heavy (non-hydrogen) atoms. The molecule has 0 aliphatic carbocycles. The van der Waals surface area contributed by atoms with Gasteiger partial charge in [0.1, 0.15) is 12.2 Å². The number of carbonyl (C=O) groups excluding carboxylic acids is 2. The second-order valence-corrected chi connectivity index (χ2v) is 8.33. The van der Waals surface area contributed by atoms with Crippen LogP contribution in [0.5, 0.6) is 0 Å². The molecule has 0 saturated carbocycles. The maximum absolute atomic E-state index is 13.2. The molecule has 1 aliphatic heterocycles. The van der Waals surface area contributed by atoms with E-state index in [1.807, 2.05) is 44.2 Å². The maximum Gasteiger partial charge on any atom is 0.244 e. The van der Waals surface area contributed by atoms with Crippen molar-refractivity contribution >= 4 is 50.6 Å². The zero-order valence-corrected chi connectivity index (χ0v) is 18.8. The van der Waals surface area contributed by atoms with Crippen LogP contribution in [0.4, 0.5) is 17.2 Å². The molecule has 7 heteroatoms. The Hall–Kier alpha value is -3.32. The number of pyridine rings is 1. The normalized spacial score (nSPS) is 13.3. The zero-order valence-electron chi connectivity index (χ0n) is 17.2. The third kappa shape index (κ3) is 4.72. The first kappa shape index (κ1) is 20.9. The van der Waals surface area contributed by atoms with E-state index in [-0.39, 0.29) is 24.8 Å². The number of aromatic nitrogens is 1. The van der Waals surface area contributed by atoms with E-state index in [1.165, 1.54) is 10.5 Å². The van der Waals surface area contributed by atoms with Gasteiger partial charge in [0, 0.05) is 16.4 Å². The molecule has 2 heterocycles. The number of aryl methyl sites for hydroxylation is 2. The lowest BCUT2D eigenvalue weighted by Gasteiger charge is -2.20. The highest BCUT2D eigenvalue weighted by Crippen LogP contribution is 2.31. The van der Waals surface area contributed by atoms with Crippen LogP contribution in [0.25, 0.3) is 0 Å². The van der Waals surface area contributed by atoms with E-state index in [0.29, 0.717) is 22.9 Å². The number of nitrogens with one attached hydrogen (secondary N) is 1. The monoisotopic (exact) mass is 476 g/mol. The Morgan fingerprint density at radius 2 is 1.94 bits per heavy atom. The van der Waals surface area contributed by atoms with Crippen LogP contribution in [0.15, 0.2) is 70.3 Å². The van der Waals surface area contributed by atoms with Gasteiger partial charge in [-0.25, -0.2) is 9.98 Å². The Kier molecular flexibility index (Phi) is 5.95. The van der Waals surface area contributed by atoms with Gasteiger partial charge in [-0.15, -0.1) is 0 Å². The summed E-state index contributed by atoms with van der Waals surface area (Å²) in [5.74, 6) is -0.146. The molecule has 1 aliphatic rings. The van der Waals surface area contributed by atoms with Gasteiger partial charge in [0.05, 0.1) is 12.1 Å². The molecule has 1 N–H and O–H groups in total. The van der Waals surface area contributed by atoms with Crippen LogP contribution in [0.3, 0.4) is 0 Å². The molecular formula is C24H21BrN4O2. The second-order valence-electron chi connectivity index (χ2n) is 7.42. The molecule has 156 valence electrons. The van der Waals surface area contributed by atoms with E-state index in [2.05, 4.69) is 26.2 Å². The summed E-state index contributed by atoms with van der Waals surface area (Å²) in [5, 5.41) is 2.83. The first-order valence-corrected chi connectivity index (χ1v) is 10.7.